The molecule has 0 bridgehead atoms. The molecule has 1 heterocycles. The minimum Gasteiger partial charge on any atom is -0.385 e. The van der Waals surface area contributed by atoms with Crippen molar-refractivity contribution in [3.63, 3.8) is 0 Å². The highest BCUT2D eigenvalue weighted by Gasteiger charge is 2.41. The lowest BCUT2D eigenvalue weighted by molar-refractivity contribution is -0.144. The topological polar surface area (TPSA) is 66.4 Å². The molecular formula is C13H14BrNO3. The second-order valence-electron chi connectivity index (χ2n) is 4.66. The summed E-state index contributed by atoms with van der Waals surface area (Å²) < 4.78 is 0.908. The Hall–Kier alpha value is -1.20. The summed E-state index contributed by atoms with van der Waals surface area (Å²) in [6, 6.07) is 7.17. The fraction of sp³-hybridized carbons (Fsp3) is 0.385. The summed E-state index contributed by atoms with van der Waals surface area (Å²) >= 11 is 3.32. The average molecular weight is 312 g/mol. The minimum atomic E-state index is -1.27. The monoisotopic (exact) mass is 311 g/mol. The molecular weight excluding hydrogens is 298 g/mol. The van der Waals surface area contributed by atoms with E-state index in [9.17, 15) is 14.7 Å². The van der Waals surface area contributed by atoms with Gasteiger partial charge in [-0.1, -0.05) is 28.1 Å². The third-order valence-electron chi connectivity index (χ3n) is 3.35. The van der Waals surface area contributed by atoms with E-state index < -0.39 is 17.4 Å². The van der Waals surface area contributed by atoms with Gasteiger partial charge < -0.3 is 5.11 Å². The molecule has 0 spiro atoms. The zero-order valence-corrected chi connectivity index (χ0v) is 11.5. The summed E-state index contributed by atoms with van der Waals surface area (Å²) in [7, 11) is 0. The van der Waals surface area contributed by atoms with Crippen LogP contribution < -0.4 is 5.32 Å². The molecule has 1 aromatic carbocycles. The summed E-state index contributed by atoms with van der Waals surface area (Å²) in [6.45, 7) is 1.61. The van der Waals surface area contributed by atoms with Crippen LogP contribution in [0.1, 0.15) is 25.3 Å². The van der Waals surface area contributed by atoms with E-state index in [1.807, 2.05) is 12.1 Å². The molecule has 0 aromatic heterocycles. The first kappa shape index (κ1) is 13.2. The quantitative estimate of drug-likeness (QED) is 0.817. The SMILES string of the molecule is CC(O)(c1ccc(Br)cc1)C1CCC(=O)NC1=O. The molecule has 0 aliphatic carbocycles. The first-order valence-electron chi connectivity index (χ1n) is 5.73. The number of hydrogen-bond acceptors (Lipinski definition) is 3. The maximum atomic E-state index is 11.8. The van der Waals surface area contributed by atoms with Gasteiger partial charge in [0.2, 0.25) is 11.8 Å². The number of hydrogen-bond donors (Lipinski definition) is 2. The molecule has 2 unspecified atom stereocenters. The van der Waals surface area contributed by atoms with Crippen LogP contribution in [0.25, 0.3) is 0 Å². The number of nitrogens with one attached hydrogen (secondary N) is 1. The fourth-order valence-corrected chi connectivity index (χ4v) is 2.48. The molecule has 4 nitrogen and oxygen atoms in total. The molecule has 5 heteroatoms. The second kappa shape index (κ2) is 4.82. The van der Waals surface area contributed by atoms with Crippen LogP contribution in [0.5, 0.6) is 0 Å². The molecule has 2 N–H and O–H groups in total. The van der Waals surface area contributed by atoms with Gasteiger partial charge in [0.05, 0.1) is 11.5 Å². The zero-order chi connectivity index (χ0) is 13.3. The first-order chi connectivity index (χ1) is 8.41. The van der Waals surface area contributed by atoms with Crippen molar-refractivity contribution < 1.29 is 14.7 Å². The van der Waals surface area contributed by atoms with Gasteiger partial charge in [0, 0.05) is 10.9 Å². The summed E-state index contributed by atoms with van der Waals surface area (Å²) in [5.41, 5.74) is -0.605. The lowest BCUT2D eigenvalue weighted by Crippen LogP contribution is -2.49. The highest BCUT2D eigenvalue weighted by atomic mass is 79.9. The van der Waals surface area contributed by atoms with Crippen molar-refractivity contribution in [2.45, 2.75) is 25.4 Å². The lowest BCUT2D eigenvalue weighted by Gasteiger charge is -2.34. The van der Waals surface area contributed by atoms with Crippen molar-refractivity contribution in [2.75, 3.05) is 0 Å². The number of carbonyl (C=O) groups excluding carboxylic acids is 2. The minimum absolute atomic E-state index is 0.267. The lowest BCUT2D eigenvalue weighted by atomic mass is 9.78. The molecule has 2 rings (SSSR count). The number of aliphatic hydroxyl groups is 1. The molecule has 1 fully saturated rings. The van der Waals surface area contributed by atoms with Gasteiger partial charge in [-0.15, -0.1) is 0 Å². The van der Waals surface area contributed by atoms with Gasteiger partial charge in [-0.05, 0) is 31.0 Å². The maximum absolute atomic E-state index is 11.8. The Morgan fingerprint density at radius 3 is 2.50 bits per heavy atom. The van der Waals surface area contributed by atoms with Gasteiger partial charge in [0.15, 0.2) is 0 Å². The van der Waals surface area contributed by atoms with Crippen LogP contribution in [0.2, 0.25) is 0 Å². The van der Waals surface area contributed by atoms with Gasteiger partial charge in [0.1, 0.15) is 0 Å². The molecule has 1 aliphatic rings. The second-order valence-corrected chi connectivity index (χ2v) is 5.57. The van der Waals surface area contributed by atoms with E-state index in [0.29, 0.717) is 12.0 Å². The van der Waals surface area contributed by atoms with Crippen molar-refractivity contribution in [1.82, 2.24) is 5.32 Å². The van der Waals surface area contributed by atoms with E-state index in [4.69, 9.17) is 0 Å². The smallest absolute Gasteiger partial charge is 0.232 e. The highest BCUT2D eigenvalue weighted by Crippen LogP contribution is 2.34. The van der Waals surface area contributed by atoms with Gasteiger partial charge in [0.25, 0.3) is 0 Å². The molecule has 96 valence electrons. The van der Waals surface area contributed by atoms with Crippen LogP contribution in [-0.4, -0.2) is 16.9 Å². The Labute approximate surface area is 114 Å². The third-order valence-corrected chi connectivity index (χ3v) is 3.88. The molecule has 1 aromatic rings. The van der Waals surface area contributed by atoms with E-state index >= 15 is 0 Å². The standard InChI is InChI=1S/C13H14BrNO3/c1-13(18,8-2-4-9(14)5-3-8)10-6-7-11(16)15-12(10)17/h2-5,10,18H,6-7H2,1H3,(H,15,16,17). The van der Waals surface area contributed by atoms with E-state index in [1.54, 1.807) is 19.1 Å². The van der Waals surface area contributed by atoms with Gasteiger partial charge >= 0.3 is 0 Å². The Bertz CT molecular complexity index is 482. The van der Waals surface area contributed by atoms with Crippen molar-refractivity contribution >= 4 is 27.7 Å². The number of halogens is 1. The highest BCUT2D eigenvalue weighted by molar-refractivity contribution is 9.10. The van der Waals surface area contributed by atoms with Crippen molar-refractivity contribution in [3.8, 4) is 0 Å². The van der Waals surface area contributed by atoms with Crippen LogP contribution >= 0.6 is 15.9 Å². The number of carbonyl (C=O) groups is 2. The van der Waals surface area contributed by atoms with E-state index in [2.05, 4.69) is 21.2 Å². The first-order valence-corrected chi connectivity index (χ1v) is 6.52. The molecule has 2 amide bonds. The van der Waals surface area contributed by atoms with Crippen molar-refractivity contribution in [2.24, 2.45) is 5.92 Å². The van der Waals surface area contributed by atoms with Crippen LogP contribution in [-0.2, 0) is 15.2 Å². The van der Waals surface area contributed by atoms with Gasteiger partial charge in [-0.2, -0.15) is 0 Å². The predicted molar refractivity (Wildman–Crippen MR) is 69.6 cm³/mol. The fourth-order valence-electron chi connectivity index (χ4n) is 2.22. The van der Waals surface area contributed by atoms with Gasteiger partial charge in [-0.25, -0.2) is 0 Å². The zero-order valence-electron chi connectivity index (χ0n) is 9.94. The predicted octanol–water partition coefficient (Wildman–Crippen LogP) is 1.71. The molecule has 0 saturated carbocycles. The molecule has 2 atom stereocenters. The number of piperidine rings is 1. The number of amides is 2. The average Bonchev–Trinajstić information content (AvgIpc) is 2.29. The van der Waals surface area contributed by atoms with E-state index in [1.165, 1.54) is 0 Å². The normalized spacial score (nSPS) is 23.4. The molecule has 1 aliphatic heterocycles. The Balaban J connectivity index is 2.27. The van der Waals surface area contributed by atoms with Crippen molar-refractivity contribution in [1.29, 1.82) is 0 Å². The Kier molecular flexibility index (Phi) is 3.54. The summed E-state index contributed by atoms with van der Waals surface area (Å²) in [5, 5.41) is 12.8. The molecule has 18 heavy (non-hydrogen) atoms. The third kappa shape index (κ3) is 2.47. The van der Waals surface area contributed by atoms with Crippen LogP contribution in [0.15, 0.2) is 28.7 Å². The van der Waals surface area contributed by atoms with E-state index in [-0.39, 0.29) is 12.3 Å². The van der Waals surface area contributed by atoms with Crippen molar-refractivity contribution in [3.05, 3.63) is 34.3 Å². The van der Waals surface area contributed by atoms with Crippen LogP contribution in [0.4, 0.5) is 0 Å². The van der Waals surface area contributed by atoms with Crippen LogP contribution in [0, 0.1) is 5.92 Å². The largest absolute Gasteiger partial charge is 0.385 e. The number of imide groups is 1. The molecule has 0 radical (unpaired) electrons. The summed E-state index contributed by atoms with van der Waals surface area (Å²) in [4.78, 5) is 22.9. The number of benzene rings is 1. The Morgan fingerprint density at radius 1 is 1.33 bits per heavy atom. The Morgan fingerprint density at radius 2 is 1.94 bits per heavy atom. The summed E-state index contributed by atoms with van der Waals surface area (Å²) in [5.74, 6) is -1.28. The maximum Gasteiger partial charge on any atom is 0.232 e. The van der Waals surface area contributed by atoms with E-state index in [0.717, 1.165) is 4.47 Å². The summed E-state index contributed by atoms with van der Waals surface area (Å²) in [6.07, 6.45) is 0.636. The van der Waals surface area contributed by atoms with Crippen LogP contribution in [0.3, 0.4) is 0 Å². The molecule has 1 saturated heterocycles. The van der Waals surface area contributed by atoms with Gasteiger partial charge in [-0.3, -0.25) is 14.9 Å². The number of rotatable bonds is 2.